The predicted octanol–water partition coefficient (Wildman–Crippen LogP) is 3.94. The van der Waals surface area contributed by atoms with Gasteiger partial charge < -0.3 is 5.32 Å². The van der Waals surface area contributed by atoms with Gasteiger partial charge in [0.15, 0.2) is 0 Å². The van der Waals surface area contributed by atoms with Crippen LogP contribution in [0.1, 0.15) is 40.9 Å². The summed E-state index contributed by atoms with van der Waals surface area (Å²) >= 11 is 0. The molecule has 1 N–H and O–H groups in total. The van der Waals surface area contributed by atoms with Gasteiger partial charge in [-0.2, -0.15) is 5.26 Å². The Bertz CT molecular complexity index is 659. The van der Waals surface area contributed by atoms with Crippen molar-refractivity contribution in [3.8, 4) is 6.07 Å². The average Bonchev–Trinajstić information content (AvgIpc) is 2.55. The maximum atomic E-state index is 12.4. The van der Waals surface area contributed by atoms with Crippen molar-refractivity contribution in [2.24, 2.45) is 0 Å². The number of carbonyl (C=O) groups is 1. The van der Waals surface area contributed by atoms with Crippen molar-refractivity contribution in [2.75, 3.05) is 5.32 Å². The summed E-state index contributed by atoms with van der Waals surface area (Å²) in [5, 5.41) is 11.8. The fourth-order valence-corrected chi connectivity index (χ4v) is 2.28. The summed E-state index contributed by atoms with van der Waals surface area (Å²) in [5.41, 5.74) is 4.29. The van der Waals surface area contributed by atoms with Crippen LogP contribution in [-0.2, 0) is 12.8 Å². The summed E-state index contributed by atoms with van der Waals surface area (Å²) in [5.74, 6) is -0.143. The molecule has 0 aliphatic heterocycles. The number of carbonyl (C=O) groups excluding carboxylic acids is 1. The fourth-order valence-electron chi connectivity index (χ4n) is 2.28. The minimum atomic E-state index is -0.143. The minimum absolute atomic E-state index is 0.143. The third-order valence-corrected chi connectivity index (χ3v) is 3.51. The van der Waals surface area contributed by atoms with Crippen molar-refractivity contribution in [1.82, 2.24) is 0 Å². The highest BCUT2D eigenvalue weighted by atomic mass is 16.1. The second kappa shape index (κ2) is 6.71. The fraction of sp³-hybridized carbons (Fsp3) is 0.222. The van der Waals surface area contributed by atoms with E-state index >= 15 is 0 Å². The van der Waals surface area contributed by atoms with Gasteiger partial charge in [-0.25, -0.2) is 0 Å². The zero-order valence-electron chi connectivity index (χ0n) is 12.3. The summed E-state index contributed by atoms with van der Waals surface area (Å²) in [4.78, 5) is 12.4. The van der Waals surface area contributed by atoms with Crippen molar-refractivity contribution in [3.05, 3.63) is 64.7 Å². The largest absolute Gasteiger partial charge is 0.321 e. The molecule has 106 valence electrons. The Morgan fingerprint density at radius 3 is 2.10 bits per heavy atom. The molecule has 0 saturated carbocycles. The van der Waals surface area contributed by atoms with Gasteiger partial charge >= 0.3 is 0 Å². The molecule has 0 aromatic heterocycles. The Labute approximate surface area is 125 Å². The molecule has 1 amide bonds. The second-order valence-electron chi connectivity index (χ2n) is 4.80. The first-order valence-electron chi connectivity index (χ1n) is 7.11. The van der Waals surface area contributed by atoms with E-state index < -0.39 is 0 Å². The van der Waals surface area contributed by atoms with Crippen molar-refractivity contribution in [3.63, 3.8) is 0 Å². The van der Waals surface area contributed by atoms with Crippen LogP contribution >= 0.6 is 0 Å². The number of aryl methyl sites for hydroxylation is 2. The van der Waals surface area contributed by atoms with Crippen LogP contribution in [0.3, 0.4) is 0 Å². The lowest BCUT2D eigenvalue weighted by molar-refractivity contribution is 0.102. The number of rotatable bonds is 4. The first kappa shape index (κ1) is 14.8. The van der Waals surface area contributed by atoms with Gasteiger partial charge in [0.2, 0.25) is 0 Å². The molecule has 3 heteroatoms. The standard InChI is InChI=1S/C18H18N2O/c1-3-14-6-5-7-15(4-2)17(14)20-18(21)16-10-8-13(12-19)9-11-16/h5-11H,3-4H2,1-2H3,(H,20,21). The molecule has 3 nitrogen and oxygen atoms in total. The molecule has 0 heterocycles. The van der Waals surface area contributed by atoms with Gasteiger partial charge in [0.25, 0.3) is 5.91 Å². The quantitative estimate of drug-likeness (QED) is 0.921. The third-order valence-electron chi connectivity index (χ3n) is 3.51. The predicted molar refractivity (Wildman–Crippen MR) is 84.3 cm³/mol. The first-order chi connectivity index (χ1) is 10.2. The van der Waals surface area contributed by atoms with E-state index in [1.54, 1.807) is 24.3 Å². The SMILES string of the molecule is CCc1cccc(CC)c1NC(=O)c1ccc(C#N)cc1. The highest BCUT2D eigenvalue weighted by Gasteiger charge is 2.11. The molecule has 0 unspecified atom stereocenters. The van der Waals surface area contributed by atoms with Crippen LogP contribution in [0.25, 0.3) is 0 Å². The first-order valence-corrected chi connectivity index (χ1v) is 7.11. The van der Waals surface area contributed by atoms with E-state index in [9.17, 15) is 4.79 Å². The topological polar surface area (TPSA) is 52.9 Å². The number of anilines is 1. The number of amides is 1. The molecule has 0 aliphatic rings. The van der Waals surface area contributed by atoms with E-state index in [0.717, 1.165) is 29.7 Å². The lowest BCUT2D eigenvalue weighted by Gasteiger charge is -2.14. The van der Waals surface area contributed by atoms with Gasteiger partial charge in [0.05, 0.1) is 11.6 Å². The number of benzene rings is 2. The molecule has 0 radical (unpaired) electrons. The van der Waals surface area contributed by atoms with Crippen LogP contribution < -0.4 is 5.32 Å². The van der Waals surface area contributed by atoms with Crippen molar-refractivity contribution >= 4 is 11.6 Å². The van der Waals surface area contributed by atoms with Crippen molar-refractivity contribution in [1.29, 1.82) is 5.26 Å². The highest BCUT2D eigenvalue weighted by Crippen LogP contribution is 2.23. The van der Waals surface area contributed by atoms with Crippen LogP contribution in [0.4, 0.5) is 5.69 Å². The second-order valence-corrected chi connectivity index (χ2v) is 4.80. The molecule has 0 spiro atoms. The van der Waals surface area contributed by atoms with E-state index in [-0.39, 0.29) is 5.91 Å². The average molecular weight is 278 g/mol. The van der Waals surface area contributed by atoms with Gasteiger partial charge in [0.1, 0.15) is 0 Å². The number of nitrogens with one attached hydrogen (secondary N) is 1. The maximum Gasteiger partial charge on any atom is 0.255 e. The minimum Gasteiger partial charge on any atom is -0.321 e. The molecule has 2 rings (SSSR count). The summed E-state index contributed by atoms with van der Waals surface area (Å²) in [7, 11) is 0. The van der Waals surface area contributed by atoms with Gasteiger partial charge in [-0.15, -0.1) is 0 Å². The Balaban J connectivity index is 2.28. The summed E-state index contributed by atoms with van der Waals surface area (Å²) in [6, 6.07) is 14.8. The molecule has 0 bridgehead atoms. The Hall–Kier alpha value is -2.60. The van der Waals surface area contributed by atoms with Crippen LogP contribution in [0, 0.1) is 11.3 Å². The summed E-state index contributed by atoms with van der Waals surface area (Å²) in [6.07, 6.45) is 1.74. The highest BCUT2D eigenvalue weighted by molar-refractivity contribution is 6.05. The molecular formula is C18H18N2O. The molecule has 0 aliphatic carbocycles. The number of para-hydroxylation sites is 1. The van der Waals surface area contributed by atoms with Crippen LogP contribution in [-0.4, -0.2) is 5.91 Å². The molecule has 2 aromatic carbocycles. The van der Waals surface area contributed by atoms with E-state index in [4.69, 9.17) is 5.26 Å². The normalized spacial score (nSPS) is 9.95. The van der Waals surface area contributed by atoms with E-state index in [1.165, 1.54) is 0 Å². The number of hydrogen-bond acceptors (Lipinski definition) is 2. The number of nitrogens with zero attached hydrogens (tertiary/aromatic N) is 1. The van der Waals surface area contributed by atoms with Crippen LogP contribution in [0.2, 0.25) is 0 Å². The summed E-state index contributed by atoms with van der Waals surface area (Å²) < 4.78 is 0. The zero-order valence-corrected chi connectivity index (χ0v) is 12.3. The zero-order chi connectivity index (χ0) is 15.2. The van der Waals surface area contributed by atoms with Gasteiger partial charge in [0, 0.05) is 11.3 Å². The van der Waals surface area contributed by atoms with E-state index in [1.807, 2.05) is 24.3 Å². The van der Waals surface area contributed by atoms with Crippen LogP contribution in [0.5, 0.6) is 0 Å². The molecule has 0 saturated heterocycles. The van der Waals surface area contributed by atoms with Gasteiger partial charge in [-0.05, 0) is 48.2 Å². The number of nitriles is 1. The lowest BCUT2D eigenvalue weighted by Crippen LogP contribution is -2.14. The van der Waals surface area contributed by atoms with Gasteiger partial charge in [-0.1, -0.05) is 32.0 Å². The smallest absolute Gasteiger partial charge is 0.255 e. The van der Waals surface area contributed by atoms with E-state index in [0.29, 0.717) is 11.1 Å². The summed E-state index contributed by atoms with van der Waals surface area (Å²) in [6.45, 7) is 4.15. The molecular weight excluding hydrogens is 260 g/mol. The van der Waals surface area contributed by atoms with Crippen LogP contribution in [0.15, 0.2) is 42.5 Å². The lowest BCUT2D eigenvalue weighted by atomic mass is 10.0. The number of hydrogen-bond donors (Lipinski definition) is 1. The maximum absolute atomic E-state index is 12.4. The van der Waals surface area contributed by atoms with Gasteiger partial charge in [-0.3, -0.25) is 4.79 Å². The Kier molecular flexibility index (Phi) is 4.73. The molecule has 21 heavy (non-hydrogen) atoms. The van der Waals surface area contributed by atoms with E-state index in [2.05, 4.69) is 19.2 Å². The molecule has 0 atom stereocenters. The third kappa shape index (κ3) is 3.29. The monoisotopic (exact) mass is 278 g/mol. The Morgan fingerprint density at radius 2 is 1.62 bits per heavy atom. The van der Waals surface area contributed by atoms with Crippen molar-refractivity contribution < 1.29 is 4.79 Å². The molecule has 0 fully saturated rings. The molecule has 2 aromatic rings. The van der Waals surface area contributed by atoms with Crippen molar-refractivity contribution in [2.45, 2.75) is 26.7 Å². The Morgan fingerprint density at radius 1 is 1.05 bits per heavy atom.